The van der Waals surface area contributed by atoms with Gasteiger partial charge < -0.3 is 14.7 Å². The molecule has 0 aliphatic carbocycles. The molecule has 0 spiro atoms. The van der Waals surface area contributed by atoms with E-state index in [0.29, 0.717) is 34.8 Å². The number of amides is 1. The molecule has 0 aromatic carbocycles. The van der Waals surface area contributed by atoms with E-state index >= 15 is 0 Å². The largest absolute Gasteiger partial charge is 0.355 e. The van der Waals surface area contributed by atoms with E-state index in [9.17, 15) is 4.79 Å². The van der Waals surface area contributed by atoms with Gasteiger partial charge in [0, 0.05) is 25.7 Å². The van der Waals surface area contributed by atoms with E-state index in [4.69, 9.17) is 4.52 Å². The van der Waals surface area contributed by atoms with Crippen LogP contribution < -0.4 is 10.2 Å². The Morgan fingerprint density at radius 1 is 1.32 bits per heavy atom. The van der Waals surface area contributed by atoms with Crippen molar-refractivity contribution < 1.29 is 9.32 Å². The van der Waals surface area contributed by atoms with Gasteiger partial charge in [0.2, 0.25) is 11.0 Å². The van der Waals surface area contributed by atoms with Gasteiger partial charge in [-0.2, -0.15) is 4.98 Å². The molecule has 3 aromatic rings. The number of nitrogens with zero attached hydrogens (tertiary/aromatic N) is 7. The Morgan fingerprint density at radius 3 is 2.97 bits per heavy atom. The molecule has 1 fully saturated rings. The lowest BCUT2D eigenvalue weighted by Crippen LogP contribution is -2.41. The molecule has 1 amide bonds. The maximum Gasteiger partial charge on any atom is 0.263 e. The first-order chi connectivity index (χ1) is 15.1. The average Bonchev–Trinajstić information content (AvgIpc) is 3.43. The number of carbonyl (C=O) groups excluding carboxylic acids is 1. The first kappa shape index (κ1) is 21.3. The molecule has 1 unspecified atom stereocenters. The summed E-state index contributed by atoms with van der Waals surface area (Å²) in [5.74, 6) is 2.23. The molecular formula is C20H26N8O2S. The first-order valence-electron chi connectivity index (χ1n) is 10.6. The Bertz CT molecular complexity index is 1050. The van der Waals surface area contributed by atoms with Gasteiger partial charge in [0.15, 0.2) is 5.82 Å². The second-order valence-corrected chi connectivity index (χ2v) is 8.61. The topological polar surface area (TPSA) is 123 Å². The molecule has 4 rings (SSSR count). The van der Waals surface area contributed by atoms with Crippen molar-refractivity contribution in [2.45, 2.75) is 52.9 Å². The van der Waals surface area contributed by atoms with Crippen LogP contribution in [0.5, 0.6) is 0 Å². The number of anilines is 2. The zero-order valence-corrected chi connectivity index (χ0v) is 18.8. The molecule has 10 nitrogen and oxygen atoms in total. The molecule has 1 N–H and O–H groups in total. The predicted molar refractivity (Wildman–Crippen MR) is 117 cm³/mol. The van der Waals surface area contributed by atoms with Gasteiger partial charge in [-0.25, -0.2) is 9.97 Å². The molecular weight excluding hydrogens is 416 g/mol. The Kier molecular flexibility index (Phi) is 6.50. The maximum absolute atomic E-state index is 12.9. The molecule has 4 heterocycles. The van der Waals surface area contributed by atoms with Gasteiger partial charge in [-0.05, 0) is 32.6 Å². The third-order valence-corrected chi connectivity index (χ3v) is 6.14. The van der Waals surface area contributed by atoms with E-state index in [0.717, 1.165) is 49.5 Å². The Morgan fingerprint density at radius 2 is 2.19 bits per heavy atom. The quantitative estimate of drug-likeness (QED) is 0.588. The van der Waals surface area contributed by atoms with E-state index in [1.165, 1.54) is 11.3 Å². The fourth-order valence-electron chi connectivity index (χ4n) is 3.58. The zero-order valence-electron chi connectivity index (χ0n) is 18.0. The Hall–Kier alpha value is -2.95. The van der Waals surface area contributed by atoms with Crippen LogP contribution in [0.1, 0.15) is 49.8 Å². The van der Waals surface area contributed by atoms with Crippen molar-refractivity contribution in [3.8, 4) is 11.5 Å². The Balaban J connectivity index is 1.53. The normalized spacial score (nSPS) is 16.5. The van der Waals surface area contributed by atoms with Crippen molar-refractivity contribution >= 4 is 28.2 Å². The maximum atomic E-state index is 12.9. The van der Waals surface area contributed by atoms with Crippen molar-refractivity contribution in [1.29, 1.82) is 0 Å². The summed E-state index contributed by atoms with van der Waals surface area (Å²) in [5, 5.41) is 16.6. The molecule has 0 radical (unpaired) electrons. The molecule has 3 aromatic heterocycles. The van der Waals surface area contributed by atoms with E-state index in [2.05, 4.69) is 47.4 Å². The molecule has 1 aliphatic rings. The summed E-state index contributed by atoms with van der Waals surface area (Å²) >= 11 is 1.41. The zero-order chi connectivity index (χ0) is 21.8. The van der Waals surface area contributed by atoms with Crippen molar-refractivity contribution in [3.63, 3.8) is 0 Å². The highest BCUT2D eigenvalue weighted by Gasteiger charge is 2.30. The summed E-state index contributed by atoms with van der Waals surface area (Å²) in [6.45, 7) is 7.27. The molecule has 1 saturated heterocycles. The molecule has 164 valence electrons. The second kappa shape index (κ2) is 9.46. The van der Waals surface area contributed by atoms with Crippen molar-refractivity contribution in [2.24, 2.45) is 5.92 Å². The van der Waals surface area contributed by atoms with Crippen LogP contribution in [0, 0.1) is 12.8 Å². The summed E-state index contributed by atoms with van der Waals surface area (Å²) in [6.07, 6.45) is 5.90. The minimum atomic E-state index is -0.177. The third-order valence-electron chi connectivity index (χ3n) is 5.15. The molecule has 1 atom stereocenters. The summed E-state index contributed by atoms with van der Waals surface area (Å²) in [6, 6.07) is 0. The highest BCUT2D eigenvalue weighted by Crippen LogP contribution is 2.31. The van der Waals surface area contributed by atoms with E-state index in [1.807, 2.05) is 13.8 Å². The lowest BCUT2D eigenvalue weighted by atomic mass is 9.97. The molecule has 0 bridgehead atoms. The van der Waals surface area contributed by atoms with Crippen molar-refractivity contribution in [3.05, 3.63) is 22.9 Å². The fourth-order valence-corrected chi connectivity index (χ4v) is 4.26. The van der Waals surface area contributed by atoms with E-state index < -0.39 is 0 Å². The second-order valence-electron chi connectivity index (χ2n) is 7.55. The van der Waals surface area contributed by atoms with Crippen LogP contribution in [0.3, 0.4) is 0 Å². The van der Waals surface area contributed by atoms with Crippen LogP contribution in [0.4, 0.5) is 10.9 Å². The summed E-state index contributed by atoms with van der Waals surface area (Å²) in [7, 11) is 0. The summed E-state index contributed by atoms with van der Waals surface area (Å²) in [4.78, 5) is 28.5. The number of hydrogen-bond acceptors (Lipinski definition) is 10. The first-order valence-corrected chi connectivity index (χ1v) is 11.4. The number of aryl methyl sites for hydroxylation is 3. The van der Waals surface area contributed by atoms with Crippen LogP contribution in [-0.2, 0) is 17.6 Å². The average molecular weight is 443 g/mol. The van der Waals surface area contributed by atoms with Crippen LogP contribution in [0.2, 0.25) is 0 Å². The number of hydrogen-bond donors (Lipinski definition) is 1. The monoisotopic (exact) mass is 442 g/mol. The highest BCUT2D eigenvalue weighted by atomic mass is 32.1. The fraction of sp³-hybridized carbons (Fsp3) is 0.550. The van der Waals surface area contributed by atoms with Gasteiger partial charge in [-0.15, -0.1) is 10.2 Å². The smallest absolute Gasteiger partial charge is 0.263 e. The predicted octanol–water partition coefficient (Wildman–Crippen LogP) is 3.06. The van der Waals surface area contributed by atoms with Crippen LogP contribution in [0.15, 0.2) is 10.7 Å². The highest BCUT2D eigenvalue weighted by molar-refractivity contribution is 7.15. The van der Waals surface area contributed by atoms with Gasteiger partial charge in [-0.3, -0.25) is 4.79 Å². The molecule has 1 aliphatic heterocycles. The standard InChI is InChI=1S/C20H26N8O2S/c1-4-7-15-23-19(30-27-15)14-10-21-12(3)22-17(14)28-9-6-8-13(11-28)18(29)24-20-26-25-16(5-2)31-20/h10,13H,4-9,11H2,1-3H3,(H,24,26,29). The van der Waals surface area contributed by atoms with Gasteiger partial charge in [0.05, 0.1) is 5.92 Å². The minimum Gasteiger partial charge on any atom is -0.355 e. The lowest BCUT2D eigenvalue weighted by molar-refractivity contribution is -0.120. The van der Waals surface area contributed by atoms with Gasteiger partial charge in [-0.1, -0.05) is 30.3 Å². The third kappa shape index (κ3) is 4.87. The molecule has 11 heteroatoms. The van der Waals surface area contributed by atoms with Gasteiger partial charge >= 0.3 is 0 Å². The summed E-state index contributed by atoms with van der Waals surface area (Å²) < 4.78 is 5.48. The molecule has 0 saturated carbocycles. The van der Waals surface area contributed by atoms with Crippen LogP contribution in [-0.4, -0.2) is 49.3 Å². The summed E-state index contributed by atoms with van der Waals surface area (Å²) in [5.41, 5.74) is 0.693. The van der Waals surface area contributed by atoms with Crippen molar-refractivity contribution in [1.82, 2.24) is 30.3 Å². The minimum absolute atomic E-state index is 0.0427. The van der Waals surface area contributed by atoms with E-state index in [1.54, 1.807) is 6.20 Å². The van der Waals surface area contributed by atoms with Crippen molar-refractivity contribution in [2.75, 3.05) is 23.3 Å². The number of rotatable bonds is 7. The van der Waals surface area contributed by atoms with Crippen LogP contribution in [0.25, 0.3) is 11.5 Å². The SMILES string of the molecule is CCCc1noc(-c2cnc(C)nc2N2CCCC(C(=O)Nc3nnc(CC)s3)C2)n1. The number of nitrogens with one attached hydrogen (secondary N) is 1. The number of carbonyl (C=O) groups is 1. The number of piperidine rings is 1. The van der Waals surface area contributed by atoms with E-state index in [-0.39, 0.29) is 11.8 Å². The molecule has 31 heavy (non-hydrogen) atoms. The van der Waals surface area contributed by atoms with Gasteiger partial charge in [0.25, 0.3) is 5.89 Å². The number of aromatic nitrogens is 6. The van der Waals surface area contributed by atoms with Gasteiger partial charge in [0.1, 0.15) is 22.2 Å². The Labute approximate surface area is 184 Å². The lowest BCUT2D eigenvalue weighted by Gasteiger charge is -2.33. The van der Waals surface area contributed by atoms with Crippen LogP contribution >= 0.6 is 11.3 Å².